The van der Waals surface area contributed by atoms with Crippen LogP contribution in [0.4, 0.5) is 11.6 Å². The molecule has 1 aromatic rings. The third kappa shape index (κ3) is 4.95. The molecule has 6 nitrogen and oxygen atoms in total. The number of pyridine rings is 1. The number of nitrogens with zero attached hydrogens (tertiary/aromatic N) is 6. The Hall–Kier alpha value is -1.84. The molecule has 2 aliphatic heterocycles. The molecule has 0 bridgehead atoms. The lowest BCUT2D eigenvalue weighted by molar-refractivity contribution is 0.300. The Labute approximate surface area is 170 Å². The number of hydrogen-bond acceptors (Lipinski definition) is 6. The largest absolute Gasteiger partial charge is 0.356 e. The summed E-state index contributed by atoms with van der Waals surface area (Å²) in [6.07, 6.45) is 2.40. The van der Waals surface area contributed by atoms with Crippen molar-refractivity contribution in [2.75, 3.05) is 76.3 Å². The van der Waals surface area contributed by atoms with Crippen molar-refractivity contribution in [2.24, 2.45) is 11.8 Å². The van der Waals surface area contributed by atoms with Gasteiger partial charge in [0.1, 0.15) is 17.7 Å². The molecule has 0 radical (unpaired) electrons. The maximum Gasteiger partial charge on any atom is 0.148 e. The molecule has 0 N–H and O–H groups in total. The lowest BCUT2D eigenvalue weighted by atomic mass is 10.1. The number of anilines is 2. The van der Waals surface area contributed by atoms with Crippen LogP contribution in [0.25, 0.3) is 0 Å². The van der Waals surface area contributed by atoms with Crippen molar-refractivity contribution in [2.45, 2.75) is 26.7 Å². The van der Waals surface area contributed by atoms with E-state index in [1.54, 1.807) is 0 Å². The monoisotopic (exact) mass is 384 g/mol. The molecule has 3 heterocycles. The van der Waals surface area contributed by atoms with Crippen molar-refractivity contribution in [3.8, 4) is 6.07 Å². The zero-order valence-electron chi connectivity index (χ0n) is 18.1. The maximum atomic E-state index is 9.61. The van der Waals surface area contributed by atoms with Crippen molar-refractivity contribution in [3.63, 3.8) is 0 Å². The molecule has 0 aromatic carbocycles. The fourth-order valence-corrected chi connectivity index (χ4v) is 4.45. The molecule has 2 aliphatic rings. The van der Waals surface area contributed by atoms with Gasteiger partial charge in [-0.1, -0.05) is 13.8 Å². The molecule has 0 spiro atoms. The van der Waals surface area contributed by atoms with Gasteiger partial charge in [-0.2, -0.15) is 5.26 Å². The van der Waals surface area contributed by atoms with Gasteiger partial charge in [-0.15, -0.1) is 0 Å². The van der Waals surface area contributed by atoms with E-state index in [9.17, 15) is 5.26 Å². The predicted octanol–water partition coefficient (Wildman–Crippen LogP) is 2.51. The molecule has 2 saturated heterocycles. The number of rotatable bonds is 8. The van der Waals surface area contributed by atoms with Crippen LogP contribution in [0.5, 0.6) is 0 Å². The second-order valence-corrected chi connectivity index (χ2v) is 8.56. The first-order valence-corrected chi connectivity index (χ1v) is 10.8. The van der Waals surface area contributed by atoms with Gasteiger partial charge in [-0.05, 0) is 64.0 Å². The minimum absolute atomic E-state index is 0.655. The molecule has 0 aliphatic carbocycles. The van der Waals surface area contributed by atoms with E-state index in [4.69, 9.17) is 4.98 Å². The third-order valence-corrected chi connectivity index (χ3v) is 6.40. The van der Waals surface area contributed by atoms with Crippen LogP contribution in [0.3, 0.4) is 0 Å². The van der Waals surface area contributed by atoms with Crippen LogP contribution in [0.2, 0.25) is 0 Å². The van der Waals surface area contributed by atoms with Gasteiger partial charge in [0.15, 0.2) is 0 Å². The highest BCUT2D eigenvalue weighted by atomic mass is 15.3. The van der Waals surface area contributed by atoms with Crippen LogP contribution in [-0.2, 0) is 0 Å². The van der Waals surface area contributed by atoms with Gasteiger partial charge in [-0.25, -0.2) is 4.98 Å². The standard InChI is InChI=1S/C22H36N6/c1-5-25(3)14-18-9-11-27(16-18)21-8-7-20(13-23)22(24-21)28-12-10-19(17-28)15-26(4)6-2/h7-8,18-19H,5-6,9-12,14-17H2,1-4H3/t18-,19+/m1/s1. The zero-order chi connectivity index (χ0) is 20.1. The second-order valence-electron chi connectivity index (χ2n) is 8.56. The average Bonchev–Trinajstić information content (AvgIpc) is 3.37. The zero-order valence-corrected chi connectivity index (χ0v) is 18.1. The van der Waals surface area contributed by atoms with Gasteiger partial charge in [-0.3, -0.25) is 0 Å². The fourth-order valence-electron chi connectivity index (χ4n) is 4.45. The first-order valence-electron chi connectivity index (χ1n) is 10.8. The molecule has 2 fully saturated rings. The molecule has 6 heteroatoms. The molecule has 3 rings (SSSR count). The first-order chi connectivity index (χ1) is 13.5. The van der Waals surface area contributed by atoms with E-state index in [-0.39, 0.29) is 0 Å². The Morgan fingerprint density at radius 1 is 1.00 bits per heavy atom. The summed E-state index contributed by atoms with van der Waals surface area (Å²) in [6, 6.07) is 6.36. The highest BCUT2D eigenvalue weighted by Crippen LogP contribution is 2.30. The van der Waals surface area contributed by atoms with Crippen molar-refractivity contribution in [3.05, 3.63) is 17.7 Å². The van der Waals surface area contributed by atoms with Crippen LogP contribution < -0.4 is 9.80 Å². The minimum Gasteiger partial charge on any atom is -0.356 e. The highest BCUT2D eigenvalue weighted by molar-refractivity contribution is 5.59. The van der Waals surface area contributed by atoms with Crippen LogP contribution in [0, 0.1) is 23.2 Å². The van der Waals surface area contributed by atoms with Gasteiger partial charge >= 0.3 is 0 Å². The summed E-state index contributed by atoms with van der Waals surface area (Å²) in [6.45, 7) is 13.0. The third-order valence-electron chi connectivity index (χ3n) is 6.40. The number of aromatic nitrogens is 1. The van der Waals surface area contributed by atoms with E-state index in [0.29, 0.717) is 17.4 Å². The van der Waals surface area contributed by atoms with E-state index < -0.39 is 0 Å². The topological polar surface area (TPSA) is 49.6 Å². The quantitative estimate of drug-likeness (QED) is 0.686. The minimum atomic E-state index is 0.655. The first kappa shape index (κ1) is 20.9. The Morgan fingerprint density at radius 3 is 2.14 bits per heavy atom. The van der Waals surface area contributed by atoms with E-state index in [1.807, 2.05) is 12.1 Å². The van der Waals surface area contributed by atoms with E-state index in [1.165, 1.54) is 12.8 Å². The Bertz CT molecular complexity index is 684. The average molecular weight is 385 g/mol. The summed E-state index contributed by atoms with van der Waals surface area (Å²) in [7, 11) is 4.38. The lowest BCUT2D eigenvalue weighted by Crippen LogP contribution is -2.30. The van der Waals surface area contributed by atoms with Gasteiger partial charge in [0.2, 0.25) is 0 Å². The van der Waals surface area contributed by atoms with E-state index in [0.717, 1.165) is 64.0 Å². The van der Waals surface area contributed by atoms with Crippen LogP contribution >= 0.6 is 0 Å². The fraction of sp³-hybridized carbons (Fsp3) is 0.727. The van der Waals surface area contributed by atoms with Crippen molar-refractivity contribution >= 4 is 11.6 Å². The molecule has 0 saturated carbocycles. The molecule has 0 amide bonds. The summed E-state index contributed by atoms with van der Waals surface area (Å²) in [4.78, 5) is 14.5. The molecule has 28 heavy (non-hydrogen) atoms. The molecule has 0 unspecified atom stereocenters. The Balaban J connectivity index is 1.69. The predicted molar refractivity (Wildman–Crippen MR) is 116 cm³/mol. The SMILES string of the molecule is CCN(C)C[C@H]1CCN(c2ccc(C#N)c(N3CC[C@@H](CN(C)CC)C3)n2)C1. The summed E-state index contributed by atoms with van der Waals surface area (Å²) >= 11 is 0. The van der Waals surface area contributed by atoms with Crippen molar-refractivity contribution in [1.29, 1.82) is 5.26 Å². The molecular formula is C22H36N6. The summed E-state index contributed by atoms with van der Waals surface area (Å²) in [5, 5.41) is 9.61. The van der Waals surface area contributed by atoms with Crippen LogP contribution in [0.15, 0.2) is 12.1 Å². The summed E-state index contributed by atoms with van der Waals surface area (Å²) in [5.41, 5.74) is 0.703. The van der Waals surface area contributed by atoms with Crippen molar-refractivity contribution in [1.82, 2.24) is 14.8 Å². The Morgan fingerprint density at radius 2 is 1.57 bits per heavy atom. The normalized spacial score (nSPS) is 22.5. The smallest absolute Gasteiger partial charge is 0.148 e. The highest BCUT2D eigenvalue weighted by Gasteiger charge is 2.28. The number of hydrogen-bond donors (Lipinski definition) is 0. The number of nitriles is 1. The van der Waals surface area contributed by atoms with Crippen LogP contribution in [0.1, 0.15) is 32.3 Å². The Kier molecular flexibility index (Phi) is 7.14. The summed E-state index contributed by atoms with van der Waals surface area (Å²) < 4.78 is 0. The van der Waals surface area contributed by atoms with E-state index >= 15 is 0 Å². The van der Waals surface area contributed by atoms with E-state index in [2.05, 4.69) is 53.6 Å². The summed E-state index contributed by atoms with van der Waals surface area (Å²) in [5.74, 6) is 3.27. The van der Waals surface area contributed by atoms with Crippen molar-refractivity contribution < 1.29 is 0 Å². The van der Waals surface area contributed by atoms with Crippen LogP contribution in [-0.4, -0.2) is 81.2 Å². The molecule has 1 aromatic heterocycles. The molecule has 2 atom stereocenters. The van der Waals surface area contributed by atoms with Gasteiger partial charge < -0.3 is 19.6 Å². The lowest BCUT2D eigenvalue weighted by Gasteiger charge is -2.24. The maximum absolute atomic E-state index is 9.61. The second kappa shape index (κ2) is 9.58. The van der Waals surface area contributed by atoms with Gasteiger partial charge in [0.05, 0.1) is 5.56 Å². The van der Waals surface area contributed by atoms with Gasteiger partial charge in [0, 0.05) is 39.3 Å². The molecule has 154 valence electrons. The molecular weight excluding hydrogens is 348 g/mol. The van der Waals surface area contributed by atoms with Gasteiger partial charge in [0.25, 0.3) is 0 Å².